The maximum atomic E-state index is 12.7. The molecule has 12 heteroatoms. The van der Waals surface area contributed by atoms with E-state index < -0.39 is 37.6 Å². The van der Waals surface area contributed by atoms with Crippen LogP contribution in [0.1, 0.15) is 6.92 Å². The molecule has 0 spiro atoms. The third kappa shape index (κ3) is 3.28. The molecule has 0 radical (unpaired) electrons. The molecule has 2 aromatic rings. The molecular weight excluding hydrogens is 404 g/mol. The summed E-state index contributed by atoms with van der Waals surface area (Å²) < 4.78 is 31.0. The quantitative estimate of drug-likeness (QED) is 0.439. The second kappa shape index (κ2) is 7.09. The van der Waals surface area contributed by atoms with Gasteiger partial charge in [0.15, 0.2) is 11.5 Å². The molecule has 27 heavy (non-hydrogen) atoms. The van der Waals surface area contributed by atoms with Gasteiger partial charge in [0, 0.05) is 0 Å². The Bertz CT molecular complexity index is 1060. The van der Waals surface area contributed by atoms with Crippen molar-refractivity contribution in [2.45, 2.75) is 17.9 Å². The Morgan fingerprint density at radius 3 is 2.67 bits per heavy atom. The Kier molecular flexibility index (Phi) is 5.14. The number of aromatic hydroxyl groups is 1. The van der Waals surface area contributed by atoms with Crippen LogP contribution >= 0.6 is 11.6 Å². The zero-order chi connectivity index (χ0) is 19.9. The molecule has 1 aliphatic heterocycles. The van der Waals surface area contributed by atoms with E-state index in [4.69, 9.17) is 21.2 Å². The fraction of sp³-hybridized carbons (Fsp3) is 0.333. The van der Waals surface area contributed by atoms with Crippen LogP contribution in [0, 0.1) is 0 Å². The lowest BCUT2D eigenvalue weighted by molar-refractivity contribution is -0.0317. The fourth-order valence-electron chi connectivity index (χ4n) is 2.51. The van der Waals surface area contributed by atoms with Crippen molar-refractivity contribution < 1.29 is 28.2 Å². The van der Waals surface area contributed by atoms with Crippen molar-refractivity contribution in [3.05, 3.63) is 37.6 Å². The number of hydrogen-bond acceptors (Lipinski definition) is 9. The number of aliphatic hydroxyl groups excluding tert-OH is 1. The van der Waals surface area contributed by atoms with Crippen molar-refractivity contribution in [1.82, 2.24) is 4.47 Å². The third-order valence-corrected chi connectivity index (χ3v) is 5.94. The van der Waals surface area contributed by atoms with Gasteiger partial charge in [0.25, 0.3) is 20.9 Å². The molecule has 0 unspecified atom stereocenters. The van der Waals surface area contributed by atoms with Crippen LogP contribution < -0.4 is 20.9 Å². The normalized spacial score (nSPS) is 18.1. The van der Waals surface area contributed by atoms with Crippen molar-refractivity contribution >= 4 is 33.0 Å². The summed E-state index contributed by atoms with van der Waals surface area (Å²) in [4.78, 5) is 27.5. The molecule has 1 aliphatic rings. The Morgan fingerprint density at radius 2 is 2.07 bits per heavy atom. The van der Waals surface area contributed by atoms with Crippen LogP contribution in [-0.2, 0) is 14.9 Å². The number of anilines is 2. The minimum atomic E-state index is -4.40. The van der Waals surface area contributed by atoms with E-state index in [0.717, 1.165) is 0 Å². The first kappa shape index (κ1) is 19.6. The summed E-state index contributed by atoms with van der Waals surface area (Å²) >= 11 is 5.95. The highest BCUT2D eigenvalue weighted by Gasteiger charge is 2.37. The van der Waals surface area contributed by atoms with Crippen LogP contribution in [0.4, 0.5) is 11.4 Å². The van der Waals surface area contributed by atoms with Gasteiger partial charge in [-0.3, -0.25) is 14.4 Å². The molecule has 3 rings (SSSR count). The van der Waals surface area contributed by atoms with Gasteiger partial charge >= 0.3 is 0 Å². The predicted molar refractivity (Wildman–Crippen MR) is 94.8 cm³/mol. The number of phenols is 1. The number of hydroxylamine groups is 1. The Labute approximate surface area is 158 Å². The summed E-state index contributed by atoms with van der Waals surface area (Å²) in [5.41, 5.74) is -2.05. The second-order valence-corrected chi connectivity index (χ2v) is 7.81. The number of ether oxygens (including phenoxy) is 1. The zero-order valence-corrected chi connectivity index (χ0v) is 15.5. The summed E-state index contributed by atoms with van der Waals surface area (Å²) in [7, 11) is -4.40. The maximum Gasteiger partial charge on any atom is 0.272 e. The highest BCUT2D eigenvalue weighted by atomic mass is 35.5. The van der Waals surface area contributed by atoms with E-state index >= 15 is 0 Å². The molecule has 1 fully saturated rings. The second-order valence-electron chi connectivity index (χ2n) is 5.63. The van der Waals surface area contributed by atoms with Crippen LogP contribution in [0.15, 0.2) is 26.6 Å². The number of nitrogens with one attached hydrogen (secondary N) is 1. The smallest absolute Gasteiger partial charge is 0.272 e. The van der Waals surface area contributed by atoms with Crippen LogP contribution in [-0.4, -0.2) is 49.0 Å². The van der Waals surface area contributed by atoms with Gasteiger partial charge in [0.05, 0.1) is 36.6 Å². The summed E-state index contributed by atoms with van der Waals surface area (Å²) in [6.07, 6.45) is -1.01. The number of aliphatic hydroxyl groups is 1. The molecule has 0 aliphatic carbocycles. The van der Waals surface area contributed by atoms with Crippen molar-refractivity contribution in [2.24, 2.45) is 0 Å². The number of nitrogens with zero attached hydrogens (tertiary/aromatic N) is 1. The van der Waals surface area contributed by atoms with Gasteiger partial charge < -0.3 is 20.3 Å². The Morgan fingerprint density at radius 1 is 1.37 bits per heavy atom. The van der Waals surface area contributed by atoms with Crippen molar-refractivity contribution in [2.75, 3.05) is 25.1 Å². The van der Waals surface area contributed by atoms with Crippen LogP contribution in [0.2, 0.25) is 5.02 Å². The monoisotopic (exact) mass is 418 g/mol. The van der Waals surface area contributed by atoms with E-state index in [0.29, 0.717) is 4.47 Å². The minimum absolute atomic E-state index is 0.139. The number of sulfonamides is 1. The lowest BCUT2D eigenvalue weighted by atomic mass is 10.2. The van der Waals surface area contributed by atoms with E-state index in [1.54, 1.807) is 6.92 Å². The van der Waals surface area contributed by atoms with E-state index in [2.05, 4.69) is 5.32 Å². The molecule has 1 heterocycles. The average Bonchev–Trinajstić information content (AvgIpc) is 3.06. The summed E-state index contributed by atoms with van der Waals surface area (Å²) in [5, 5.41) is 22.1. The molecule has 2 aromatic carbocycles. The van der Waals surface area contributed by atoms with Gasteiger partial charge in [-0.05, 0) is 19.1 Å². The van der Waals surface area contributed by atoms with E-state index in [9.17, 15) is 28.2 Å². The van der Waals surface area contributed by atoms with E-state index in [1.807, 2.05) is 0 Å². The van der Waals surface area contributed by atoms with Gasteiger partial charge in [-0.25, -0.2) is 8.42 Å². The first-order valence-corrected chi connectivity index (χ1v) is 9.58. The molecule has 0 bridgehead atoms. The molecule has 3 N–H and O–H groups in total. The van der Waals surface area contributed by atoms with Crippen LogP contribution in [0.3, 0.4) is 0 Å². The van der Waals surface area contributed by atoms with Crippen molar-refractivity contribution in [3.63, 3.8) is 0 Å². The largest absolute Gasteiger partial charge is 0.504 e. The molecule has 0 saturated carbocycles. The first-order chi connectivity index (χ1) is 12.7. The Hall–Kier alpha value is -2.18. The summed E-state index contributed by atoms with van der Waals surface area (Å²) in [6, 6.07) is 2.43. The SMILES string of the molecule is CCOc1c(Nc2ccc(Cl)c(S(=O)(=O)N3C[C@H](O)CO3)c2O)c(=O)c1=O. The first-order valence-electron chi connectivity index (χ1n) is 7.76. The number of β-amino-alcohol motifs (C(OH)–C–C–N with tert-alkyl or cyclic N) is 1. The van der Waals surface area contributed by atoms with Gasteiger partial charge in [-0.1, -0.05) is 16.1 Å². The van der Waals surface area contributed by atoms with Crippen LogP contribution in [0.5, 0.6) is 11.5 Å². The number of rotatable bonds is 6. The molecule has 1 atom stereocenters. The molecule has 0 amide bonds. The fourth-order valence-corrected chi connectivity index (χ4v) is 4.40. The molecule has 10 nitrogen and oxygen atoms in total. The topological polar surface area (TPSA) is 142 Å². The highest BCUT2D eigenvalue weighted by Crippen LogP contribution is 2.40. The number of benzene rings is 1. The van der Waals surface area contributed by atoms with Crippen molar-refractivity contribution in [3.8, 4) is 11.5 Å². The van der Waals surface area contributed by atoms with Gasteiger partial charge in [0.2, 0.25) is 0 Å². The number of halogens is 1. The molecule has 146 valence electrons. The lowest BCUT2D eigenvalue weighted by Crippen LogP contribution is -2.35. The highest BCUT2D eigenvalue weighted by molar-refractivity contribution is 7.89. The van der Waals surface area contributed by atoms with E-state index in [1.165, 1.54) is 12.1 Å². The summed E-state index contributed by atoms with van der Waals surface area (Å²) in [5.74, 6) is -0.977. The van der Waals surface area contributed by atoms with Gasteiger partial charge in [-0.15, -0.1) is 0 Å². The van der Waals surface area contributed by atoms with Crippen LogP contribution in [0.25, 0.3) is 0 Å². The predicted octanol–water partition coefficient (Wildman–Crippen LogP) is 0.0807. The zero-order valence-electron chi connectivity index (χ0n) is 13.9. The molecule has 1 saturated heterocycles. The lowest BCUT2D eigenvalue weighted by Gasteiger charge is -2.19. The minimum Gasteiger partial charge on any atom is -0.504 e. The summed E-state index contributed by atoms with van der Waals surface area (Å²) in [6.45, 7) is 1.20. The van der Waals surface area contributed by atoms with Gasteiger partial charge in [-0.2, -0.15) is 0 Å². The number of phenolic OH excluding ortho intramolecular Hbond substituents is 1. The van der Waals surface area contributed by atoms with Crippen molar-refractivity contribution in [1.29, 1.82) is 0 Å². The maximum absolute atomic E-state index is 12.7. The number of hydrogen-bond donors (Lipinski definition) is 3. The average molecular weight is 419 g/mol. The molecular formula is C15H15ClN2O8S. The standard InChI is InChI=1S/C15H15ClN2O8S/c1-2-25-14-10(12(21)13(14)22)17-9-4-3-8(16)15(11(9)20)27(23,24)18-5-7(19)6-26-18/h3-4,7,17,19-20H,2,5-6H2,1H3/t7-/m0/s1. The van der Waals surface area contributed by atoms with Gasteiger partial charge in [0.1, 0.15) is 10.6 Å². The van der Waals surface area contributed by atoms with E-state index in [-0.39, 0.29) is 41.9 Å². The third-order valence-electron chi connectivity index (χ3n) is 3.80. The Balaban J connectivity index is 2.01. The molecule has 0 aromatic heterocycles.